The van der Waals surface area contributed by atoms with Crippen LogP contribution in [0.5, 0.6) is 11.5 Å². The molecule has 1 atom stereocenters. The fraction of sp³-hybridized carbons (Fsp3) is 0.259. The smallest absolute Gasteiger partial charge is 0.258 e. The van der Waals surface area contributed by atoms with Gasteiger partial charge in [0.1, 0.15) is 17.5 Å². The molecule has 0 bridgehead atoms. The zero-order valence-corrected chi connectivity index (χ0v) is 19.0. The van der Waals surface area contributed by atoms with Crippen LogP contribution < -0.4 is 14.8 Å². The Hall–Kier alpha value is -3.80. The van der Waals surface area contributed by atoms with Crippen molar-refractivity contribution in [1.29, 1.82) is 0 Å². The number of aromatic nitrogens is 2. The van der Waals surface area contributed by atoms with Crippen LogP contribution in [0.1, 0.15) is 36.8 Å². The highest BCUT2D eigenvalue weighted by atomic mass is 16.5. The Bertz CT molecular complexity index is 1310. The van der Waals surface area contributed by atoms with E-state index in [1.54, 1.807) is 0 Å². The average Bonchev–Trinajstić information content (AvgIpc) is 3.32. The number of fused-ring (bicyclic) bond motifs is 2. The molecule has 168 valence electrons. The van der Waals surface area contributed by atoms with E-state index >= 15 is 0 Å². The van der Waals surface area contributed by atoms with E-state index in [0.717, 1.165) is 40.2 Å². The summed E-state index contributed by atoms with van der Waals surface area (Å²) in [6.07, 6.45) is 0.814. The second kappa shape index (κ2) is 8.28. The first kappa shape index (κ1) is 21.1. The van der Waals surface area contributed by atoms with E-state index in [2.05, 4.69) is 5.32 Å². The maximum absolute atomic E-state index is 13.0. The van der Waals surface area contributed by atoms with E-state index in [4.69, 9.17) is 14.5 Å². The molecular weight excluding hydrogens is 414 g/mol. The third-order valence-electron chi connectivity index (χ3n) is 5.93. The number of aryl methyl sites for hydroxylation is 1. The molecule has 0 aliphatic carbocycles. The van der Waals surface area contributed by atoms with Gasteiger partial charge in [0.2, 0.25) is 0 Å². The summed E-state index contributed by atoms with van der Waals surface area (Å²) in [7, 11) is 1.97. The lowest BCUT2D eigenvalue weighted by molar-refractivity contribution is -0.123. The van der Waals surface area contributed by atoms with Crippen LogP contribution in [0, 0.1) is 0 Å². The van der Waals surface area contributed by atoms with Crippen molar-refractivity contribution in [1.82, 2.24) is 14.9 Å². The molecule has 1 aliphatic rings. The highest BCUT2D eigenvalue weighted by Gasteiger charge is 2.32. The number of nitrogens with one attached hydrogen (secondary N) is 1. The van der Waals surface area contributed by atoms with Gasteiger partial charge in [-0.2, -0.15) is 0 Å². The Morgan fingerprint density at radius 1 is 1.09 bits per heavy atom. The molecule has 2 heterocycles. The van der Waals surface area contributed by atoms with Gasteiger partial charge in [-0.3, -0.25) is 4.79 Å². The molecule has 3 aromatic carbocycles. The molecule has 1 amide bonds. The monoisotopic (exact) mass is 441 g/mol. The summed E-state index contributed by atoms with van der Waals surface area (Å²) in [4.78, 5) is 17.8. The zero-order chi connectivity index (χ0) is 23.0. The van der Waals surface area contributed by atoms with Crippen molar-refractivity contribution in [2.75, 3.05) is 6.61 Å². The standard InChI is InChI=1S/C27H27N3O3/c1-27(2)16-19-12-9-15-22(25(19)33-27)32-17-23(31)29-24(18-10-5-4-6-11-18)26-28-20-13-7-8-14-21(20)30(26)3/h4-15,24H,16-17H2,1-3H3,(H,29,31). The molecule has 0 spiro atoms. The maximum Gasteiger partial charge on any atom is 0.258 e. The normalized spacial score (nSPS) is 15.0. The van der Waals surface area contributed by atoms with Gasteiger partial charge in [0.15, 0.2) is 18.1 Å². The lowest BCUT2D eigenvalue weighted by Gasteiger charge is -2.20. The van der Waals surface area contributed by atoms with E-state index in [0.29, 0.717) is 5.75 Å². The van der Waals surface area contributed by atoms with Crippen LogP contribution in [0.4, 0.5) is 0 Å². The number of hydrogen-bond acceptors (Lipinski definition) is 4. The topological polar surface area (TPSA) is 65.4 Å². The Balaban J connectivity index is 1.38. The Labute approximate surface area is 193 Å². The Morgan fingerprint density at radius 3 is 2.64 bits per heavy atom. The molecular formula is C27H27N3O3. The molecule has 1 unspecified atom stereocenters. The largest absolute Gasteiger partial charge is 0.483 e. The first-order chi connectivity index (χ1) is 15.9. The summed E-state index contributed by atoms with van der Waals surface area (Å²) in [6.45, 7) is 3.98. The first-order valence-electron chi connectivity index (χ1n) is 11.1. The van der Waals surface area contributed by atoms with Crippen molar-refractivity contribution in [3.8, 4) is 11.5 Å². The number of ether oxygens (including phenoxy) is 2. The highest BCUT2D eigenvalue weighted by Crippen LogP contribution is 2.41. The van der Waals surface area contributed by atoms with Gasteiger partial charge in [-0.05, 0) is 37.6 Å². The molecule has 6 heteroatoms. The van der Waals surface area contributed by atoms with Crippen LogP contribution in [0.3, 0.4) is 0 Å². The second-order valence-corrected chi connectivity index (χ2v) is 9.00. The van der Waals surface area contributed by atoms with E-state index in [1.807, 2.05) is 98.3 Å². The number of rotatable bonds is 6. The summed E-state index contributed by atoms with van der Waals surface area (Å²) in [5, 5.41) is 3.12. The SMILES string of the molecule is Cn1c(C(NC(=O)COc2cccc3c2OC(C)(C)C3)c2ccccc2)nc2ccccc21. The van der Waals surface area contributed by atoms with Crippen LogP contribution in [0.15, 0.2) is 72.8 Å². The number of benzene rings is 3. The third-order valence-corrected chi connectivity index (χ3v) is 5.93. The summed E-state index contributed by atoms with van der Waals surface area (Å²) in [6, 6.07) is 23.2. The summed E-state index contributed by atoms with van der Waals surface area (Å²) in [5.41, 5.74) is 3.68. The number of carbonyl (C=O) groups is 1. The van der Waals surface area contributed by atoms with E-state index in [1.165, 1.54) is 0 Å². The minimum atomic E-state index is -0.406. The quantitative estimate of drug-likeness (QED) is 0.476. The summed E-state index contributed by atoms with van der Waals surface area (Å²) in [5.74, 6) is 1.85. The molecule has 6 nitrogen and oxygen atoms in total. The highest BCUT2D eigenvalue weighted by molar-refractivity contribution is 5.79. The fourth-order valence-electron chi connectivity index (χ4n) is 4.41. The van der Waals surface area contributed by atoms with Crippen molar-refractivity contribution < 1.29 is 14.3 Å². The minimum Gasteiger partial charge on any atom is -0.483 e. The Kier molecular flexibility index (Phi) is 5.29. The molecule has 33 heavy (non-hydrogen) atoms. The van der Waals surface area contributed by atoms with Gasteiger partial charge in [0.05, 0.1) is 11.0 Å². The lowest BCUT2D eigenvalue weighted by Crippen LogP contribution is -2.34. The molecule has 0 radical (unpaired) electrons. The molecule has 1 aromatic heterocycles. The van der Waals surface area contributed by atoms with Crippen molar-refractivity contribution >= 4 is 16.9 Å². The lowest BCUT2D eigenvalue weighted by atomic mass is 10.0. The number of para-hydroxylation sites is 3. The molecule has 0 saturated carbocycles. The Morgan fingerprint density at radius 2 is 1.85 bits per heavy atom. The number of amides is 1. The van der Waals surface area contributed by atoms with Gasteiger partial charge in [0, 0.05) is 19.0 Å². The average molecular weight is 442 g/mol. The fourth-order valence-corrected chi connectivity index (χ4v) is 4.41. The van der Waals surface area contributed by atoms with Gasteiger partial charge in [-0.1, -0.05) is 54.6 Å². The maximum atomic E-state index is 13.0. The zero-order valence-electron chi connectivity index (χ0n) is 19.0. The van der Waals surface area contributed by atoms with Crippen molar-refractivity contribution in [2.24, 2.45) is 7.05 Å². The second-order valence-electron chi connectivity index (χ2n) is 9.00. The van der Waals surface area contributed by atoms with Gasteiger partial charge in [0.25, 0.3) is 5.91 Å². The van der Waals surface area contributed by atoms with Crippen molar-refractivity contribution in [3.05, 3.63) is 89.7 Å². The molecule has 1 N–H and O–H groups in total. The van der Waals surface area contributed by atoms with Crippen LogP contribution >= 0.6 is 0 Å². The number of hydrogen-bond donors (Lipinski definition) is 1. The minimum absolute atomic E-state index is 0.118. The number of nitrogens with zero attached hydrogens (tertiary/aromatic N) is 2. The molecule has 0 fully saturated rings. The molecule has 5 rings (SSSR count). The number of imidazole rings is 1. The summed E-state index contributed by atoms with van der Waals surface area (Å²) < 4.78 is 14.0. The van der Waals surface area contributed by atoms with Gasteiger partial charge >= 0.3 is 0 Å². The molecule has 4 aromatic rings. The van der Waals surface area contributed by atoms with Crippen LogP contribution in [0.25, 0.3) is 11.0 Å². The van der Waals surface area contributed by atoms with Crippen LogP contribution in [0.2, 0.25) is 0 Å². The van der Waals surface area contributed by atoms with Crippen LogP contribution in [-0.4, -0.2) is 27.7 Å². The molecule has 1 aliphatic heterocycles. The van der Waals surface area contributed by atoms with E-state index in [-0.39, 0.29) is 18.1 Å². The van der Waals surface area contributed by atoms with E-state index in [9.17, 15) is 4.79 Å². The first-order valence-corrected chi connectivity index (χ1v) is 11.1. The van der Waals surface area contributed by atoms with Crippen molar-refractivity contribution in [2.45, 2.75) is 31.9 Å². The third kappa shape index (κ3) is 4.16. The predicted octanol–water partition coefficient (Wildman–Crippen LogP) is 4.57. The molecule has 0 saturated heterocycles. The van der Waals surface area contributed by atoms with Crippen molar-refractivity contribution in [3.63, 3.8) is 0 Å². The number of carbonyl (C=O) groups excluding carboxylic acids is 1. The van der Waals surface area contributed by atoms with Crippen LogP contribution in [-0.2, 0) is 18.3 Å². The predicted molar refractivity (Wildman–Crippen MR) is 127 cm³/mol. The van der Waals surface area contributed by atoms with Gasteiger partial charge < -0.3 is 19.4 Å². The van der Waals surface area contributed by atoms with Gasteiger partial charge in [-0.15, -0.1) is 0 Å². The van der Waals surface area contributed by atoms with Gasteiger partial charge in [-0.25, -0.2) is 4.98 Å². The summed E-state index contributed by atoms with van der Waals surface area (Å²) >= 11 is 0. The van der Waals surface area contributed by atoms with E-state index < -0.39 is 6.04 Å².